The number of rotatable bonds is 2. The van der Waals surface area contributed by atoms with Gasteiger partial charge in [0.2, 0.25) is 5.91 Å². The number of nitrogens with one attached hydrogen (secondary N) is 1. The molecule has 0 saturated heterocycles. The Morgan fingerprint density at radius 2 is 1.60 bits per heavy atom. The first kappa shape index (κ1) is 19.7. The summed E-state index contributed by atoms with van der Waals surface area (Å²) < 4.78 is 0. The SMILES string of the molecule is Cc1cccc(NC(=O)C23CCC(C)(c4nc5cc(Cl)c(Cl)cc5nc42)C3(C)C)n1. The largest absolute Gasteiger partial charge is 0.310 e. The molecule has 154 valence electrons. The standard InChI is InChI=1S/C23H22Cl2N4O/c1-12-6-5-7-17(26-12)29-20(30)23-9-8-22(4,21(23,2)3)18-19(23)28-16-11-14(25)13(24)10-15(16)27-18/h5-7,10-11H,8-9H2,1-4H3,(H,26,29,30). The van der Waals surface area contributed by atoms with Gasteiger partial charge < -0.3 is 5.32 Å². The number of fused-ring (bicyclic) bond motifs is 6. The lowest BCUT2D eigenvalue weighted by atomic mass is 9.63. The van der Waals surface area contributed by atoms with Gasteiger partial charge in [-0.25, -0.2) is 15.0 Å². The molecule has 1 saturated carbocycles. The molecule has 2 aliphatic carbocycles. The van der Waals surface area contributed by atoms with Gasteiger partial charge in [-0.3, -0.25) is 4.79 Å². The average Bonchev–Trinajstić information content (AvgIpc) is 2.97. The Hall–Kier alpha value is -2.24. The summed E-state index contributed by atoms with van der Waals surface area (Å²) >= 11 is 12.5. The number of halogens is 2. The van der Waals surface area contributed by atoms with E-state index in [9.17, 15) is 4.79 Å². The summed E-state index contributed by atoms with van der Waals surface area (Å²) in [6.45, 7) is 8.40. The van der Waals surface area contributed by atoms with Gasteiger partial charge in [0.05, 0.1) is 37.9 Å². The molecule has 2 unspecified atom stereocenters. The van der Waals surface area contributed by atoms with Crippen LogP contribution in [0, 0.1) is 12.3 Å². The van der Waals surface area contributed by atoms with Crippen molar-refractivity contribution in [2.24, 2.45) is 5.41 Å². The highest BCUT2D eigenvalue weighted by Crippen LogP contribution is 2.70. The molecular weight excluding hydrogens is 419 g/mol. The molecule has 1 N–H and O–H groups in total. The van der Waals surface area contributed by atoms with Crippen LogP contribution in [-0.2, 0) is 15.6 Å². The molecule has 0 radical (unpaired) electrons. The summed E-state index contributed by atoms with van der Waals surface area (Å²) in [7, 11) is 0. The zero-order valence-corrected chi connectivity index (χ0v) is 18.8. The van der Waals surface area contributed by atoms with E-state index in [-0.39, 0.29) is 16.7 Å². The van der Waals surface area contributed by atoms with E-state index >= 15 is 0 Å². The number of hydrogen-bond donors (Lipinski definition) is 1. The minimum Gasteiger partial charge on any atom is -0.310 e. The van der Waals surface area contributed by atoms with Crippen LogP contribution in [-0.4, -0.2) is 20.9 Å². The predicted octanol–water partition coefficient (Wildman–Crippen LogP) is 5.61. The van der Waals surface area contributed by atoms with Crippen molar-refractivity contribution in [1.29, 1.82) is 0 Å². The number of aryl methyl sites for hydroxylation is 1. The number of pyridine rings is 1. The van der Waals surface area contributed by atoms with Gasteiger partial charge in [-0.15, -0.1) is 0 Å². The summed E-state index contributed by atoms with van der Waals surface area (Å²) in [4.78, 5) is 28.2. The van der Waals surface area contributed by atoms with Gasteiger partial charge in [0.25, 0.3) is 0 Å². The summed E-state index contributed by atoms with van der Waals surface area (Å²) in [5, 5.41) is 3.93. The van der Waals surface area contributed by atoms with Crippen LogP contribution >= 0.6 is 23.2 Å². The maximum Gasteiger partial charge on any atom is 0.238 e. The fourth-order valence-corrected chi connectivity index (χ4v) is 5.75. The number of carbonyl (C=O) groups excluding carboxylic acids is 1. The van der Waals surface area contributed by atoms with E-state index < -0.39 is 5.41 Å². The predicted molar refractivity (Wildman–Crippen MR) is 119 cm³/mol. The highest BCUT2D eigenvalue weighted by Gasteiger charge is 2.73. The van der Waals surface area contributed by atoms with Gasteiger partial charge in [-0.05, 0) is 49.4 Å². The van der Waals surface area contributed by atoms with Crippen LogP contribution < -0.4 is 5.32 Å². The van der Waals surface area contributed by atoms with E-state index in [2.05, 4.69) is 31.1 Å². The first-order chi connectivity index (χ1) is 14.1. The quantitative estimate of drug-likeness (QED) is 0.562. The maximum absolute atomic E-state index is 13.8. The third-order valence-corrected chi connectivity index (χ3v) is 8.32. The van der Waals surface area contributed by atoms with Gasteiger partial charge in [0.15, 0.2) is 0 Å². The van der Waals surface area contributed by atoms with E-state index in [1.807, 2.05) is 25.1 Å². The van der Waals surface area contributed by atoms with Gasteiger partial charge in [-0.1, -0.05) is 50.0 Å². The molecule has 5 nitrogen and oxygen atoms in total. The zero-order valence-electron chi connectivity index (χ0n) is 17.3. The van der Waals surface area contributed by atoms with Crippen LogP contribution in [0.15, 0.2) is 30.3 Å². The molecule has 2 aliphatic rings. The van der Waals surface area contributed by atoms with E-state index in [1.54, 1.807) is 12.1 Å². The zero-order chi connectivity index (χ0) is 21.5. The maximum atomic E-state index is 13.8. The molecule has 3 aromatic rings. The number of aromatic nitrogens is 3. The third kappa shape index (κ3) is 2.31. The molecule has 2 heterocycles. The van der Waals surface area contributed by atoms with Gasteiger partial charge >= 0.3 is 0 Å². The highest BCUT2D eigenvalue weighted by atomic mass is 35.5. The van der Waals surface area contributed by atoms with Crippen molar-refractivity contribution >= 4 is 46.0 Å². The van der Waals surface area contributed by atoms with Crippen molar-refractivity contribution in [2.45, 2.75) is 51.4 Å². The monoisotopic (exact) mass is 440 g/mol. The Labute approximate surface area is 185 Å². The van der Waals surface area contributed by atoms with Crippen molar-refractivity contribution in [3.63, 3.8) is 0 Å². The molecule has 2 bridgehead atoms. The third-order valence-electron chi connectivity index (χ3n) is 7.60. The molecule has 0 spiro atoms. The van der Waals surface area contributed by atoms with E-state index in [1.165, 1.54) is 0 Å². The van der Waals surface area contributed by atoms with Crippen molar-refractivity contribution in [2.75, 3.05) is 5.32 Å². The van der Waals surface area contributed by atoms with Crippen molar-refractivity contribution in [3.05, 3.63) is 57.5 Å². The van der Waals surface area contributed by atoms with Crippen LogP contribution in [0.1, 0.15) is 50.7 Å². The smallest absolute Gasteiger partial charge is 0.238 e. The number of benzene rings is 1. The van der Waals surface area contributed by atoms with Crippen LogP contribution in [0.25, 0.3) is 11.0 Å². The summed E-state index contributed by atoms with van der Waals surface area (Å²) in [6.07, 6.45) is 1.58. The topological polar surface area (TPSA) is 67.8 Å². The minimum atomic E-state index is -0.796. The molecular formula is C23H22Cl2N4O. The Bertz CT molecular complexity index is 1240. The Balaban J connectivity index is 1.72. The van der Waals surface area contributed by atoms with Gasteiger partial charge in [0, 0.05) is 11.1 Å². The molecule has 0 aliphatic heterocycles. The first-order valence-electron chi connectivity index (χ1n) is 10.0. The normalized spacial score (nSPS) is 26.1. The summed E-state index contributed by atoms with van der Waals surface area (Å²) in [6, 6.07) is 9.08. The van der Waals surface area contributed by atoms with Crippen LogP contribution in [0.3, 0.4) is 0 Å². The van der Waals surface area contributed by atoms with E-state index in [4.69, 9.17) is 33.2 Å². The second-order valence-electron chi connectivity index (χ2n) is 9.16. The average molecular weight is 441 g/mol. The molecule has 1 fully saturated rings. The Kier molecular flexibility index (Phi) is 4.04. The molecule has 2 aromatic heterocycles. The second-order valence-corrected chi connectivity index (χ2v) is 9.97. The van der Waals surface area contributed by atoms with Crippen LogP contribution in [0.5, 0.6) is 0 Å². The lowest BCUT2D eigenvalue weighted by molar-refractivity contribution is -0.125. The second kappa shape index (κ2) is 6.14. The number of amides is 1. The molecule has 7 heteroatoms. The minimum absolute atomic E-state index is 0.0817. The summed E-state index contributed by atoms with van der Waals surface area (Å²) in [5.41, 5.74) is 2.39. The first-order valence-corrected chi connectivity index (χ1v) is 10.8. The van der Waals surface area contributed by atoms with E-state index in [0.29, 0.717) is 33.3 Å². The number of carbonyl (C=O) groups is 1. The highest BCUT2D eigenvalue weighted by molar-refractivity contribution is 6.42. The van der Waals surface area contributed by atoms with Crippen LogP contribution in [0.2, 0.25) is 10.0 Å². The fraction of sp³-hybridized carbons (Fsp3) is 0.391. The Morgan fingerprint density at radius 3 is 2.23 bits per heavy atom. The van der Waals surface area contributed by atoms with Crippen LogP contribution in [0.4, 0.5) is 5.82 Å². The molecule has 5 rings (SSSR count). The van der Waals surface area contributed by atoms with E-state index in [0.717, 1.165) is 23.5 Å². The van der Waals surface area contributed by atoms with Gasteiger partial charge in [0.1, 0.15) is 5.82 Å². The van der Waals surface area contributed by atoms with Crippen molar-refractivity contribution in [1.82, 2.24) is 15.0 Å². The molecule has 2 atom stereocenters. The van der Waals surface area contributed by atoms with Gasteiger partial charge in [-0.2, -0.15) is 0 Å². The fourth-order valence-electron chi connectivity index (χ4n) is 5.44. The summed E-state index contributed by atoms with van der Waals surface area (Å²) in [5.74, 6) is 0.470. The lowest BCUT2D eigenvalue weighted by Crippen LogP contribution is -2.48. The van der Waals surface area contributed by atoms with Crippen molar-refractivity contribution in [3.8, 4) is 0 Å². The number of hydrogen-bond acceptors (Lipinski definition) is 4. The Morgan fingerprint density at radius 1 is 0.967 bits per heavy atom. The molecule has 1 aromatic carbocycles. The van der Waals surface area contributed by atoms with Crippen molar-refractivity contribution < 1.29 is 4.79 Å². The lowest BCUT2D eigenvalue weighted by Gasteiger charge is -2.39. The molecule has 1 amide bonds. The number of nitrogens with zero attached hydrogens (tertiary/aromatic N) is 3. The number of anilines is 1. The molecule has 30 heavy (non-hydrogen) atoms.